The van der Waals surface area contributed by atoms with Crippen LogP contribution in [-0.2, 0) is 16.8 Å². The minimum atomic E-state index is -5.70. The molecule has 1 aliphatic rings. The summed E-state index contributed by atoms with van der Waals surface area (Å²) in [6.07, 6.45) is -5.71. The van der Waals surface area contributed by atoms with Crippen LogP contribution in [-0.4, -0.2) is 42.7 Å². The summed E-state index contributed by atoms with van der Waals surface area (Å²) < 4.78 is 66.3. The van der Waals surface area contributed by atoms with Crippen molar-refractivity contribution in [1.82, 2.24) is 24.7 Å². The van der Waals surface area contributed by atoms with E-state index in [1.54, 1.807) is 25.1 Å². The van der Waals surface area contributed by atoms with E-state index < -0.39 is 36.4 Å². The van der Waals surface area contributed by atoms with E-state index in [2.05, 4.69) is 25.4 Å². The topological polar surface area (TPSA) is 112 Å². The first-order valence-electron chi connectivity index (χ1n) is 10.8. The van der Waals surface area contributed by atoms with Gasteiger partial charge in [0.05, 0.1) is 16.8 Å². The van der Waals surface area contributed by atoms with Gasteiger partial charge in [-0.2, -0.15) is 27.1 Å². The molecule has 1 amide bonds. The second-order valence-corrected chi connectivity index (χ2v) is 9.07. The molecule has 0 saturated carbocycles. The van der Waals surface area contributed by atoms with Crippen molar-refractivity contribution in [2.24, 2.45) is 0 Å². The highest BCUT2D eigenvalue weighted by molar-refractivity contribution is 6.31. The molecule has 0 fully saturated rings. The number of aryl methyl sites for hydroxylation is 1. The fourth-order valence-electron chi connectivity index (χ4n) is 4.29. The molecule has 0 aliphatic carbocycles. The number of alkyl halides is 5. The number of carbonyl (C=O) groups excluding carboxylic acids is 1. The normalized spacial score (nSPS) is 17.8. The summed E-state index contributed by atoms with van der Waals surface area (Å²) in [6.45, 7) is 0.862. The second-order valence-electron chi connectivity index (χ2n) is 8.64. The maximum absolute atomic E-state index is 13.6. The molecule has 1 aliphatic heterocycles. The average Bonchev–Trinajstić information content (AvgIpc) is 3.32. The Labute approximate surface area is 210 Å². The van der Waals surface area contributed by atoms with E-state index >= 15 is 0 Å². The highest BCUT2D eigenvalue weighted by atomic mass is 35.5. The molecule has 192 valence electrons. The van der Waals surface area contributed by atoms with Crippen LogP contribution in [0.5, 0.6) is 0 Å². The van der Waals surface area contributed by atoms with E-state index in [1.807, 2.05) is 0 Å². The van der Waals surface area contributed by atoms with Crippen LogP contribution in [0.1, 0.15) is 24.6 Å². The molecule has 4 aromatic rings. The number of nitrogens with two attached hydrogens (primary N) is 1. The molecule has 5 rings (SSSR count). The van der Waals surface area contributed by atoms with E-state index in [0.717, 1.165) is 4.68 Å². The third-order valence-electron chi connectivity index (χ3n) is 6.28. The molecule has 3 aromatic heterocycles. The molecular weight excluding hydrogens is 521 g/mol. The lowest BCUT2D eigenvalue weighted by molar-refractivity contribution is -0.285. The van der Waals surface area contributed by atoms with Gasteiger partial charge in [-0.25, -0.2) is 9.97 Å². The summed E-state index contributed by atoms with van der Waals surface area (Å²) >= 11 is 6.04. The molecule has 1 unspecified atom stereocenters. The number of halogens is 6. The SMILES string of the molecule is CC1(c2ccccn2)C(=O)Nc2nc(-c3nn(CCC(F)(F)C(F)(F)F)c4cc(Cl)ccc34)nc(N)c21. The number of hydrogen-bond donors (Lipinski definition) is 2. The highest BCUT2D eigenvalue weighted by Gasteiger charge is 2.56. The molecule has 0 radical (unpaired) electrons. The predicted molar refractivity (Wildman–Crippen MR) is 125 cm³/mol. The number of anilines is 2. The van der Waals surface area contributed by atoms with Gasteiger partial charge in [-0.05, 0) is 37.3 Å². The van der Waals surface area contributed by atoms with Crippen molar-refractivity contribution in [1.29, 1.82) is 0 Å². The van der Waals surface area contributed by atoms with Gasteiger partial charge < -0.3 is 11.1 Å². The largest absolute Gasteiger partial charge is 0.453 e. The van der Waals surface area contributed by atoms with Gasteiger partial charge in [-0.3, -0.25) is 14.5 Å². The van der Waals surface area contributed by atoms with Gasteiger partial charge in [0.2, 0.25) is 5.91 Å². The zero-order valence-electron chi connectivity index (χ0n) is 18.9. The number of nitrogen functional groups attached to an aromatic ring is 1. The van der Waals surface area contributed by atoms with E-state index in [9.17, 15) is 26.7 Å². The van der Waals surface area contributed by atoms with E-state index in [4.69, 9.17) is 17.3 Å². The molecule has 0 spiro atoms. The van der Waals surface area contributed by atoms with Crippen LogP contribution < -0.4 is 11.1 Å². The number of hydrogen-bond acceptors (Lipinski definition) is 6. The second kappa shape index (κ2) is 8.33. The van der Waals surface area contributed by atoms with Crippen molar-refractivity contribution in [2.75, 3.05) is 11.1 Å². The fourth-order valence-corrected chi connectivity index (χ4v) is 4.45. The third-order valence-corrected chi connectivity index (χ3v) is 6.51. The number of amides is 1. The van der Waals surface area contributed by atoms with E-state index in [0.29, 0.717) is 16.6 Å². The maximum atomic E-state index is 13.6. The summed E-state index contributed by atoms with van der Waals surface area (Å²) in [5.41, 5.74) is 5.98. The van der Waals surface area contributed by atoms with Crippen LogP contribution in [0.15, 0.2) is 42.6 Å². The number of aromatic nitrogens is 5. The van der Waals surface area contributed by atoms with Crippen LogP contribution in [0.25, 0.3) is 22.4 Å². The lowest BCUT2D eigenvalue weighted by Gasteiger charge is -2.22. The van der Waals surface area contributed by atoms with Gasteiger partial charge in [0.25, 0.3) is 0 Å². The lowest BCUT2D eigenvalue weighted by Crippen LogP contribution is -2.37. The predicted octanol–water partition coefficient (Wildman–Crippen LogP) is 4.97. The van der Waals surface area contributed by atoms with Gasteiger partial charge in [0.1, 0.15) is 22.7 Å². The molecule has 1 aromatic carbocycles. The van der Waals surface area contributed by atoms with Crippen molar-refractivity contribution in [2.45, 2.75) is 37.4 Å². The van der Waals surface area contributed by atoms with Crippen molar-refractivity contribution in [3.05, 3.63) is 58.9 Å². The monoisotopic (exact) mass is 537 g/mol. The van der Waals surface area contributed by atoms with E-state index in [1.165, 1.54) is 24.4 Å². The Morgan fingerprint density at radius 2 is 1.89 bits per heavy atom. The molecule has 37 heavy (non-hydrogen) atoms. The maximum Gasteiger partial charge on any atom is 0.453 e. The summed E-state index contributed by atoms with van der Waals surface area (Å²) in [5, 5.41) is 7.45. The van der Waals surface area contributed by atoms with Crippen LogP contribution in [0.2, 0.25) is 5.02 Å². The number of carbonyl (C=O) groups is 1. The smallest absolute Gasteiger partial charge is 0.383 e. The Bertz CT molecular complexity index is 1540. The number of nitrogens with one attached hydrogen (secondary N) is 1. The van der Waals surface area contributed by atoms with E-state index in [-0.39, 0.29) is 33.7 Å². The van der Waals surface area contributed by atoms with Gasteiger partial charge in [0.15, 0.2) is 5.82 Å². The molecule has 8 nitrogen and oxygen atoms in total. The van der Waals surface area contributed by atoms with Gasteiger partial charge >= 0.3 is 12.1 Å². The number of rotatable bonds is 5. The van der Waals surface area contributed by atoms with Crippen molar-refractivity contribution in [3.63, 3.8) is 0 Å². The highest BCUT2D eigenvalue weighted by Crippen LogP contribution is 2.45. The molecule has 3 N–H and O–H groups in total. The first kappa shape index (κ1) is 24.8. The van der Waals surface area contributed by atoms with Crippen molar-refractivity contribution in [3.8, 4) is 11.5 Å². The van der Waals surface area contributed by atoms with Gasteiger partial charge in [0, 0.05) is 29.6 Å². The fraction of sp³-hybridized carbons (Fsp3) is 0.261. The Morgan fingerprint density at radius 3 is 2.57 bits per heavy atom. The first-order chi connectivity index (χ1) is 17.3. The minimum absolute atomic E-state index is 0.0493. The molecule has 0 saturated heterocycles. The van der Waals surface area contributed by atoms with Crippen LogP contribution in [0.4, 0.5) is 33.6 Å². The molecular formula is C23H17ClF5N7O. The van der Waals surface area contributed by atoms with Crippen LogP contribution in [0.3, 0.4) is 0 Å². The number of benzene rings is 1. The Morgan fingerprint density at radius 1 is 1.14 bits per heavy atom. The summed E-state index contributed by atoms with van der Waals surface area (Å²) in [5.74, 6) is -5.35. The molecule has 4 heterocycles. The van der Waals surface area contributed by atoms with Crippen LogP contribution in [0, 0.1) is 0 Å². The zero-order valence-corrected chi connectivity index (χ0v) is 19.7. The standard InChI is InChI=1S/C23H17ClF5N7O/c1-21(14-4-2-3-8-31-14)15-17(30)32-19(33-18(15)34-20(21)37)16-12-6-5-11(24)10-13(12)36(35-16)9-7-22(25,26)23(27,28)29/h2-6,8,10H,7,9H2,1H3,(H3,30,32,33,34,37). The van der Waals surface area contributed by atoms with Gasteiger partial charge in [-0.15, -0.1) is 0 Å². The van der Waals surface area contributed by atoms with Crippen molar-refractivity contribution < 1.29 is 26.7 Å². The molecule has 0 bridgehead atoms. The molecule has 1 atom stereocenters. The zero-order chi connectivity index (χ0) is 26.8. The lowest BCUT2D eigenvalue weighted by atomic mass is 9.81. The Kier molecular flexibility index (Phi) is 5.59. The average molecular weight is 538 g/mol. The van der Waals surface area contributed by atoms with Crippen LogP contribution >= 0.6 is 11.6 Å². The minimum Gasteiger partial charge on any atom is -0.383 e. The van der Waals surface area contributed by atoms with Gasteiger partial charge in [-0.1, -0.05) is 17.7 Å². The summed E-state index contributed by atoms with van der Waals surface area (Å²) in [6, 6.07) is 9.48. The summed E-state index contributed by atoms with van der Waals surface area (Å²) in [7, 11) is 0. The Balaban J connectivity index is 1.61. The Hall–Kier alpha value is -3.87. The summed E-state index contributed by atoms with van der Waals surface area (Å²) in [4.78, 5) is 26.0. The number of fused-ring (bicyclic) bond motifs is 2. The third kappa shape index (κ3) is 3.93. The number of nitrogens with zero attached hydrogens (tertiary/aromatic N) is 5. The number of pyridine rings is 1. The molecule has 14 heteroatoms. The first-order valence-corrected chi connectivity index (χ1v) is 11.2. The quantitative estimate of drug-likeness (QED) is 0.348. The van der Waals surface area contributed by atoms with Crippen molar-refractivity contribution >= 4 is 40.0 Å².